The maximum absolute atomic E-state index is 9.61. The highest BCUT2D eigenvalue weighted by Gasteiger charge is 2.04. The standard InChI is InChI=1S/C10H10N2O/c1-8-3-2-4-9(13)10(8)12-6-5-11-7-12/h2-7,13H,1H3. The molecule has 1 aromatic heterocycles. The van der Waals surface area contributed by atoms with Crippen LogP contribution in [0, 0.1) is 6.92 Å². The Morgan fingerprint density at radius 2 is 2.23 bits per heavy atom. The Labute approximate surface area is 76.3 Å². The number of aromatic nitrogens is 2. The normalized spacial score (nSPS) is 10.2. The monoisotopic (exact) mass is 174 g/mol. The number of phenols is 1. The van der Waals surface area contributed by atoms with Crippen molar-refractivity contribution in [2.24, 2.45) is 0 Å². The Kier molecular flexibility index (Phi) is 1.77. The van der Waals surface area contributed by atoms with E-state index in [1.807, 2.05) is 25.3 Å². The number of para-hydroxylation sites is 1. The summed E-state index contributed by atoms with van der Waals surface area (Å²) in [6.07, 6.45) is 5.16. The first kappa shape index (κ1) is 7.86. The number of hydrogen-bond donors (Lipinski definition) is 1. The molecule has 66 valence electrons. The Morgan fingerprint density at radius 1 is 1.38 bits per heavy atom. The van der Waals surface area contributed by atoms with E-state index < -0.39 is 0 Å². The van der Waals surface area contributed by atoms with Crippen molar-refractivity contribution in [3.05, 3.63) is 42.5 Å². The maximum Gasteiger partial charge on any atom is 0.139 e. The van der Waals surface area contributed by atoms with Gasteiger partial charge < -0.3 is 9.67 Å². The lowest BCUT2D eigenvalue weighted by Crippen LogP contribution is -1.93. The van der Waals surface area contributed by atoms with E-state index in [0.717, 1.165) is 11.3 Å². The summed E-state index contributed by atoms with van der Waals surface area (Å²) in [5, 5.41) is 9.61. The zero-order valence-corrected chi connectivity index (χ0v) is 7.31. The molecule has 0 fully saturated rings. The average molecular weight is 174 g/mol. The zero-order chi connectivity index (χ0) is 9.26. The summed E-state index contributed by atoms with van der Waals surface area (Å²) in [4.78, 5) is 3.93. The maximum atomic E-state index is 9.61. The van der Waals surface area contributed by atoms with Gasteiger partial charge in [-0.1, -0.05) is 12.1 Å². The van der Waals surface area contributed by atoms with Crippen LogP contribution in [-0.4, -0.2) is 14.7 Å². The van der Waals surface area contributed by atoms with Gasteiger partial charge in [-0.15, -0.1) is 0 Å². The van der Waals surface area contributed by atoms with Gasteiger partial charge in [-0.3, -0.25) is 0 Å². The summed E-state index contributed by atoms with van der Waals surface area (Å²) in [5.41, 5.74) is 1.82. The number of imidazole rings is 1. The SMILES string of the molecule is Cc1cccc(O)c1-n1ccnc1. The smallest absolute Gasteiger partial charge is 0.139 e. The first-order chi connectivity index (χ1) is 6.29. The summed E-state index contributed by atoms with van der Waals surface area (Å²) in [6.45, 7) is 1.95. The topological polar surface area (TPSA) is 38.0 Å². The number of nitrogens with zero attached hydrogens (tertiary/aromatic N) is 2. The fraction of sp³-hybridized carbons (Fsp3) is 0.100. The van der Waals surface area contributed by atoms with Gasteiger partial charge in [0.1, 0.15) is 5.75 Å². The van der Waals surface area contributed by atoms with Crippen molar-refractivity contribution < 1.29 is 5.11 Å². The molecule has 0 saturated heterocycles. The van der Waals surface area contributed by atoms with Gasteiger partial charge in [0.15, 0.2) is 0 Å². The molecule has 2 rings (SSSR count). The van der Waals surface area contributed by atoms with Gasteiger partial charge in [-0.05, 0) is 18.6 Å². The summed E-state index contributed by atoms with van der Waals surface area (Å²) < 4.78 is 1.80. The van der Waals surface area contributed by atoms with Gasteiger partial charge in [0.05, 0.1) is 12.0 Å². The third kappa shape index (κ3) is 1.28. The second-order valence-corrected chi connectivity index (χ2v) is 2.91. The molecule has 3 nitrogen and oxygen atoms in total. The third-order valence-corrected chi connectivity index (χ3v) is 1.98. The summed E-state index contributed by atoms with van der Waals surface area (Å²) in [6, 6.07) is 5.45. The van der Waals surface area contributed by atoms with Crippen molar-refractivity contribution >= 4 is 0 Å². The molecular weight excluding hydrogens is 164 g/mol. The molecule has 0 amide bonds. The molecular formula is C10H10N2O. The highest BCUT2D eigenvalue weighted by Crippen LogP contribution is 2.24. The number of hydrogen-bond acceptors (Lipinski definition) is 2. The molecule has 1 heterocycles. The Bertz CT molecular complexity index is 387. The molecule has 13 heavy (non-hydrogen) atoms. The molecule has 0 spiro atoms. The van der Waals surface area contributed by atoms with Crippen LogP contribution in [0.15, 0.2) is 36.9 Å². The molecule has 2 aromatic rings. The average Bonchev–Trinajstić information content (AvgIpc) is 2.57. The van der Waals surface area contributed by atoms with E-state index in [0.29, 0.717) is 0 Å². The molecule has 0 aliphatic heterocycles. The lowest BCUT2D eigenvalue weighted by atomic mass is 10.2. The fourth-order valence-corrected chi connectivity index (χ4v) is 1.37. The molecule has 0 aliphatic carbocycles. The number of phenolic OH excluding ortho intramolecular Hbond substituents is 1. The van der Waals surface area contributed by atoms with Crippen LogP contribution in [0.5, 0.6) is 5.75 Å². The predicted molar refractivity (Wildman–Crippen MR) is 50.0 cm³/mol. The number of aromatic hydroxyl groups is 1. The minimum absolute atomic E-state index is 0.276. The van der Waals surface area contributed by atoms with Crippen LogP contribution in [0.2, 0.25) is 0 Å². The van der Waals surface area contributed by atoms with Crippen LogP contribution in [0.4, 0.5) is 0 Å². The van der Waals surface area contributed by atoms with Crippen LogP contribution in [0.1, 0.15) is 5.56 Å². The molecule has 3 heteroatoms. The van der Waals surface area contributed by atoms with E-state index in [1.165, 1.54) is 0 Å². The minimum atomic E-state index is 0.276. The van der Waals surface area contributed by atoms with E-state index in [1.54, 1.807) is 23.2 Å². The number of rotatable bonds is 1. The predicted octanol–water partition coefficient (Wildman–Crippen LogP) is 1.89. The lowest BCUT2D eigenvalue weighted by Gasteiger charge is -2.07. The molecule has 0 radical (unpaired) electrons. The van der Waals surface area contributed by atoms with Crippen LogP contribution in [0.25, 0.3) is 5.69 Å². The highest BCUT2D eigenvalue weighted by molar-refractivity contribution is 5.51. The zero-order valence-electron chi connectivity index (χ0n) is 7.31. The van der Waals surface area contributed by atoms with Gasteiger partial charge in [-0.25, -0.2) is 4.98 Å². The first-order valence-corrected chi connectivity index (χ1v) is 4.06. The van der Waals surface area contributed by atoms with Gasteiger partial charge >= 0.3 is 0 Å². The van der Waals surface area contributed by atoms with Crippen molar-refractivity contribution in [2.45, 2.75) is 6.92 Å². The lowest BCUT2D eigenvalue weighted by molar-refractivity contribution is 0.471. The molecule has 0 unspecified atom stereocenters. The van der Waals surface area contributed by atoms with Crippen molar-refractivity contribution in [1.29, 1.82) is 0 Å². The third-order valence-electron chi connectivity index (χ3n) is 1.98. The van der Waals surface area contributed by atoms with Gasteiger partial charge in [0.25, 0.3) is 0 Å². The molecule has 0 saturated carbocycles. The van der Waals surface area contributed by atoms with Crippen molar-refractivity contribution in [3.63, 3.8) is 0 Å². The van der Waals surface area contributed by atoms with Crippen molar-refractivity contribution in [1.82, 2.24) is 9.55 Å². The van der Waals surface area contributed by atoms with Crippen molar-refractivity contribution in [2.75, 3.05) is 0 Å². The summed E-state index contributed by atoms with van der Waals surface area (Å²) >= 11 is 0. The van der Waals surface area contributed by atoms with Gasteiger partial charge in [0, 0.05) is 12.4 Å². The van der Waals surface area contributed by atoms with E-state index in [9.17, 15) is 5.11 Å². The molecule has 0 atom stereocenters. The quantitative estimate of drug-likeness (QED) is 0.716. The number of aryl methyl sites for hydroxylation is 1. The van der Waals surface area contributed by atoms with E-state index in [4.69, 9.17) is 0 Å². The van der Waals surface area contributed by atoms with Gasteiger partial charge in [0.2, 0.25) is 0 Å². The first-order valence-electron chi connectivity index (χ1n) is 4.06. The highest BCUT2D eigenvalue weighted by atomic mass is 16.3. The largest absolute Gasteiger partial charge is 0.506 e. The fourth-order valence-electron chi connectivity index (χ4n) is 1.37. The summed E-state index contributed by atoms with van der Waals surface area (Å²) in [5.74, 6) is 0.276. The van der Waals surface area contributed by atoms with Crippen LogP contribution in [-0.2, 0) is 0 Å². The molecule has 0 aliphatic rings. The van der Waals surface area contributed by atoms with Crippen LogP contribution in [0.3, 0.4) is 0 Å². The van der Waals surface area contributed by atoms with Gasteiger partial charge in [-0.2, -0.15) is 0 Å². The molecule has 0 bridgehead atoms. The number of benzene rings is 1. The van der Waals surface area contributed by atoms with Crippen LogP contribution < -0.4 is 0 Å². The second kappa shape index (κ2) is 2.94. The van der Waals surface area contributed by atoms with E-state index in [2.05, 4.69) is 4.98 Å². The van der Waals surface area contributed by atoms with E-state index >= 15 is 0 Å². The second-order valence-electron chi connectivity index (χ2n) is 2.91. The van der Waals surface area contributed by atoms with Crippen molar-refractivity contribution in [3.8, 4) is 11.4 Å². The molecule has 1 N–H and O–H groups in total. The Morgan fingerprint density at radius 3 is 2.85 bits per heavy atom. The summed E-state index contributed by atoms with van der Waals surface area (Å²) in [7, 11) is 0. The van der Waals surface area contributed by atoms with Crippen LogP contribution >= 0.6 is 0 Å². The minimum Gasteiger partial charge on any atom is -0.506 e. The Balaban J connectivity index is 2.64. The molecule has 1 aromatic carbocycles. The Hall–Kier alpha value is -1.77. The van der Waals surface area contributed by atoms with E-state index in [-0.39, 0.29) is 5.75 Å².